The monoisotopic (exact) mass is 704 g/mol. The summed E-state index contributed by atoms with van der Waals surface area (Å²) in [6.07, 6.45) is 0. The Labute approximate surface area is 317 Å². The minimum Gasteiger partial charge on any atom is -0.456 e. The normalized spacial score (nSPS) is 11.6. The second-order valence-electron chi connectivity index (χ2n) is 13.9. The highest BCUT2D eigenvalue weighted by atomic mass is 16.4. The summed E-state index contributed by atoms with van der Waals surface area (Å²) >= 11 is 0. The van der Waals surface area contributed by atoms with Gasteiger partial charge in [0.05, 0.1) is 11.1 Å². The number of nitrogens with zero attached hydrogens (tertiary/aromatic N) is 2. The van der Waals surface area contributed by atoms with Crippen LogP contribution < -0.4 is 4.90 Å². The third kappa shape index (κ3) is 5.19. The van der Waals surface area contributed by atoms with Crippen LogP contribution in [0.15, 0.2) is 203 Å². The summed E-state index contributed by atoms with van der Waals surface area (Å²) in [5.41, 5.74) is 11.7. The molecule has 258 valence electrons. The molecule has 0 N–H and O–H groups in total. The van der Waals surface area contributed by atoms with Gasteiger partial charge in [0.15, 0.2) is 5.58 Å². The van der Waals surface area contributed by atoms with E-state index in [0.717, 1.165) is 77.9 Å². The van der Waals surface area contributed by atoms with Crippen molar-refractivity contribution in [1.82, 2.24) is 4.98 Å². The molecule has 0 spiro atoms. The molecule has 0 radical (unpaired) electrons. The first kappa shape index (κ1) is 31.1. The number of fused-ring (bicyclic) bond motifs is 8. The lowest BCUT2D eigenvalue weighted by molar-refractivity contribution is 0.622. The summed E-state index contributed by atoms with van der Waals surface area (Å²) in [6.45, 7) is 0. The minimum absolute atomic E-state index is 0.591. The van der Waals surface area contributed by atoms with Crippen molar-refractivity contribution in [2.75, 3.05) is 4.90 Å². The summed E-state index contributed by atoms with van der Waals surface area (Å²) in [5, 5.41) is 6.82. The zero-order valence-corrected chi connectivity index (χ0v) is 29.7. The number of rotatable bonds is 6. The Morgan fingerprint density at radius 2 is 1.05 bits per heavy atom. The smallest absolute Gasteiger partial charge is 0.227 e. The maximum atomic E-state index is 6.54. The fourth-order valence-corrected chi connectivity index (χ4v) is 8.13. The molecule has 0 aliphatic rings. The van der Waals surface area contributed by atoms with Crippen LogP contribution in [0, 0.1) is 0 Å². The van der Waals surface area contributed by atoms with Crippen molar-refractivity contribution >= 4 is 71.6 Å². The van der Waals surface area contributed by atoms with Gasteiger partial charge in [0.1, 0.15) is 16.7 Å². The van der Waals surface area contributed by atoms with Crippen LogP contribution in [0.1, 0.15) is 0 Å². The number of para-hydroxylation sites is 1. The molecule has 0 fully saturated rings. The molecule has 0 bridgehead atoms. The van der Waals surface area contributed by atoms with Crippen LogP contribution in [-0.2, 0) is 0 Å². The van der Waals surface area contributed by atoms with E-state index in [0.29, 0.717) is 5.89 Å². The van der Waals surface area contributed by atoms with Crippen molar-refractivity contribution in [3.63, 3.8) is 0 Å². The summed E-state index contributed by atoms with van der Waals surface area (Å²) in [4.78, 5) is 7.28. The van der Waals surface area contributed by atoms with E-state index in [1.165, 1.54) is 21.5 Å². The maximum Gasteiger partial charge on any atom is 0.227 e. The zero-order chi connectivity index (χ0) is 36.3. The molecule has 11 aromatic rings. The van der Waals surface area contributed by atoms with Gasteiger partial charge in [-0.3, -0.25) is 0 Å². The summed E-state index contributed by atoms with van der Waals surface area (Å²) in [6, 6.07) is 68.3. The fourth-order valence-electron chi connectivity index (χ4n) is 8.13. The van der Waals surface area contributed by atoms with E-state index in [9.17, 15) is 0 Å². The summed E-state index contributed by atoms with van der Waals surface area (Å²) in [5.74, 6) is 0.591. The quantitative estimate of drug-likeness (QED) is 0.162. The van der Waals surface area contributed by atoms with Gasteiger partial charge in [0.2, 0.25) is 5.89 Å². The standard InChI is InChI=1S/C51H32N2O2/c1-3-13-33(14-4-1)41-21-9-10-23-45(41)53(39-28-27-35-26-25-34-15-7-8-20-40(34)43(35)32-39)38-19-11-18-37(31-38)42-22-12-24-46-48(42)49-47(54-46)30-29-44-50(49)55-51(52-44)36-16-5-2-6-17-36/h1-32H. The third-order valence-corrected chi connectivity index (χ3v) is 10.7. The van der Waals surface area contributed by atoms with Crippen LogP contribution in [-0.4, -0.2) is 4.98 Å². The molecule has 4 nitrogen and oxygen atoms in total. The molecule has 0 saturated heterocycles. The molecule has 0 aliphatic heterocycles. The molecular formula is C51H32N2O2. The highest BCUT2D eigenvalue weighted by Crippen LogP contribution is 2.45. The highest BCUT2D eigenvalue weighted by molar-refractivity contribution is 6.21. The molecule has 0 aliphatic carbocycles. The summed E-state index contributed by atoms with van der Waals surface area (Å²) < 4.78 is 13.0. The molecular weight excluding hydrogens is 673 g/mol. The average Bonchev–Trinajstić information content (AvgIpc) is 3.87. The van der Waals surface area contributed by atoms with E-state index in [2.05, 4.69) is 150 Å². The molecule has 0 amide bonds. The lowest BCUT2D eigenvalue weighted by Gasteiger charge is -2.28. The average molecular weight is 705 g/mol. The van der Waals surface area contributed by atoms with Gasteiger partial charge in [-0.2, -0.15) is 0 Å². The van der Waals surface area contributed by atoms with E-state index < -0.39 is 0 Å². The number of anilines is 3. The molecule has 55 heavy (non-hydrogen) atoms. The Kier molecular flexibility index (Phi) is 7.14. The highest BCUT2D eigenvalue weighted by Gasteiger charge is 2.22. The predicted octanol–water partition coefficient (Wildman–Crippen LogP) is 14.5. The van der Waals surface area contributed by atoms with Gasteiger partial charge in [-0.1, -0.05) is 133 Å². The van der Waals surface area contributed by atoms with E-state index in [1.807, 2.05) is 48.5 Å². The number of oxazole rings is 1. The number of hydrogen-bond donors (Lipinski definition) is 0. The SMILES string of the molecule is c1ccc(-c2nc3ccc4oc5cccc(-c6cccc(N(c7ccc8ccc9ccccc9c8c7)c7ccccc7-c7ccccc7)c6)c5c4c3o2)cc1. The second kappa shape index (κ2) is 12.6. The lowest BCUT2D eigenvalue weighted by Crippen LogP contribution is -2.11. The number of furan rings is 1. The van der Waals surface area contributed by atoms with Crippen molar-refractivity contribution in [2.45, 2.75) is 0 Å². The topological polar surface area (TPSA) is 42.4 Å². The number of hydrogen-bond acceptors (Lipinski definition) is 4. The van der Waals surface area contributed by atoms with Crippen LogP contribution in [0.4, 0.5) is 17.1 Å². The van der Waals surface area contributed by atoms with E-state index in [4.69, 9.17) is 13.8 Å². The Balaban J connectivity index is 1.14. The van der Waals surface area contributed by atoms with Crippen LogP contribution >= 0.6 is 0 Å². The summed E-state index contributed by atoms with van der Waals surface area (Å²) in [7, 11) is 0. The first-order valence-electron chi connectivity index (χ1n) is 18.5. The zero-order valence-electron chi connectivity index (χ0n) is 29.7. The molecule has 11 rings (SSSR count). The third-order valence-electron chi connectivity index (χ3n) is 10.7. The lowest BCUT2D eigenvalue weighted by atomic mass is 9.97. The molecule has 4 heteroatoms. The minimum atomic E-state index is 0.591. The predicted molar refractivity (Wildman–Crippen MR) is 227 cm³/mol. The van der Waals surface area contributed by atoms with Crippen molar-refractivity contribution in [1.29, 1.82) is 0 Å². The Hall–Kier alpha value is -7.43. The van der Waals surface area contributed by atoms with E-state index >= 15 is 0 Å². The van der Waals surface area contributed by atoms with Gasteiger partial charge < -0.3 is 13.7 Å². The maximum absolute atomic E-state index is 6.54. The van der Waals surface area contributed by atoms with Gasteiger partial charge in [0, 0.05) is 27.9 Å². The van der Waals surface area contributed by atoms with Gasteiger partial charge in [0.25, 0.3) is 0 Å². The van der Waals surface area contributed by atoms with Crippen LogP contribution in [0.5, 0.6) is 0 Å². The van der Waals surface area contributed by atoms with Gasteiger partial charge in [-0.15, -0.1) is 0 Å². The Morgan fingerprint density at radius 1 is 0.400 bits per heavy atom. The molecule has 9 aromatic carbocycles. The van der Waals surface area contributed by atoms with E-state index in [-0.39, 0.29) is 0 Å². The largest absolute Gasteiger partial charge is 0.456 e. The Bertz CT molecular complexity index is 3220. The molecule has 0 unspecified atom stereocenters. The van der Waals surface area contributed by atoms with Gasteiger partial charge in [-0.05, 0) is 98.9 Å². The first-order valence-corrected chi connectivity index (χ1v) is 18.5. The van der Waals surface area contributed by atoms with Crippen molar-refractivity contribution in [3.05, 3.63) is 194 Å². The van der Waals surface area contributed by atoms with Crippen molar-refractivity contribution in [2.24, 2.45) is 0 Å². The van der Waals surface area contributed by atoms with E-state index in [1.54, 1.807) is 0 Å². The number of benzene rings is 9. The fraction of sp³-hybridized carbons (Fsp3) is 0. The van der Waals surface area contributed by atoms with Gasteiger partial charge >= 0.3 is 0 Å². The Morgan fingerprint density at radius 3 is 1.93 bits per heavy atom. The van der Waals surface area contributed by atoms with Crippen molar-refractivity contribution in [3.8, 4) is 33.7 Å². The van der Waals surface area contributed by atoms with Crippen LogP contribution in [0.3, 0.4) is 0 Å². The molecule has 2 aromatic heterocycles. The molecule has 0 atom stereocenters. The second-order valence-corrected chi connectivity index (χ2v) is 13.9. The molecule has 2 heterocycles. The number of aromatic nitrogens is 1. The molecule has 0 saturated carbocycles. The van der Waals surface area contributed by atoms with Crippen LogP contribution in [0.2, 0.25) is 0 Å². The van der Waals surface area contributed by atoms with Crippen LogP contribution in [0.25, 0.3) is 88.3 Å². The first-order chi connectivity index (χ1) is 27.3. The van der Waals surface area contributed by atoms with Gasteiger partial charge in [-0.25, -0.2) is 4.98 Å². The van der Waals surface area contributed by atoms with Crippen molar-refractivity contribution < 1.29 is 8.83 Å².